The van der Waals surface area contributed by atoms with Gasteiger partial charge in [0.25, 0.3) is 0 Å². The summed E-state index contributed by atoms with van der Waals surface area (Å²) in [5, 5.41) is 4.41. The van der Waals surface area contributed by atoms with Gasteiger partial charge >= 0.3 is 0 Å². The molecule has 2 unspecified atom stereocenters. The molecule has 1 heterocycles. The van der Waals surface area contributed by atoms with Gasteiger partial charge < -0.3 is 5.32 Å². The van der Waals surface area contributed by atoms with E-state index in [4.69, 9.17) is 23.2 Å². The van der Waals surface area contributed by atoms with Gasteiger partial charge in [0.2, 0.25) is 0 Å². The largest absolute Gasteiger partial charge is 0.304 e. The maximum atomic E-state index is 11.6. The lowest BCUT2D eigenvalue weighted by Gasteiger charge is -2.29. The predicted molar refractivity (Wildman–Crippen MR) is 79.7 cm³/mol. The number of rotatable bonds is 3. The molecule has 6 heteroatoms. The van der Waals surface area contributed by atoms with Crippen molar-refractivity contribution in [3.8, 4) is 0 Å². The van der Waals surface area contributed by atoms with E-state index in [9.17, 15) is 8.42 Å². The summed E-state index contributed by atoms with van der Waals surface area (Å²) >= 11 is 12.2. The number of nitrogens with one attached hydrogen (secondary N) is 1. The van der Waals surface area contributed by atoms with Crippen molar-refractivity contribution in [2.45, 2.75) is 31.8 Å². The fourth-order valence-corrected chi connectivity index (χ4v) is 5.16. The second kappa shape index (κ2) is 5.24. The zero-order chi connectivity index (χ0) is 14.3. The average Bonchev–Trinajstić information content (AvgIpc) is 2.56. The first-order valence-corrected chi connectivity index (χ1v) is 8.72. The van der Waals surface area contributed by atoms with Crippen LogP contribution in [-0.2, 0) is 9.84 Å². The maximum absolute atomic E-state index is 11.6. The van der Waals surface area contributed by atoms with Crippen molar-refractivity contribution < 1.29 is 8.42 Å². The molecule has 19 heavy (non-hydrogen) atoms. The molecule has 1 aromatic rings. The Bertz CT molecular complexity index is 588. The van der Waals surface area contributed by atoms with Crippen LogP contribution in [0.15, 0.2) is 18.2 Å². The predicted octanol–water partition coefficient (Wildman–Crippen LogP) is 3.22. The van der Waals surface area contributed by atoms with Crippen molar-refractivity contribution in [3.05, 3.63) is 33.8 Å². The lowest BCUT2D eigenvalue weighted by molar-refractivity contribution is 0.355. The van der Waals surface area contributed by atoms with Crippen molar-refractivity contribution in [2.24, 2.45) is 0 Å². The topological polar surface area (TPSA) is 46.2 Å². The highest BCUT2D eigenvalue weighted by Gasteiger charge is 2.39. The molecule has 0 radical (unpaired) electrons. The molecule has 2 rings (SSSR count). The normalized spacial score (nSPS) is 27.4. The molecule has 1 aromatic carbocycles. The molecule has 0 aromatic heterocycles. The Morgan fingerprint density at radius 2 is 2.05 bits per heavy atom. The summed E-state index contributed by atoms with van der Waals surface area (Å²) in [7, 11) is -2.92. The zero-order valence-electron chi connectivity index (χ0n) is 10.9. The first-order valence-electron chi connectivity index (χ1n) is 6.14. The van der Waals surface area contributed by atoms with E-state index in [1.54, 1.807) is 6.07 Å². The van der Waals surface area contributed by atoms with Crippen LogP contribution in [-0.4, -0.2) is 25.5 Å². The average molecular weight is 322 g/mol. The highest BCUT2D eigenvalue weighted by molar-refractivity contribution is 7.91. The van der Waals surface area contributed by atoms with E-state index in [0.717, 1.165) is 5.56 Å². The third-order valence-corrected chi connectivity index (χ3v) is 6.25. The molecular weight excluding hydrogens is 305 g/mol. The van der Waals surface area contributed by atoms with Crippen LogP contribution in [0.1, 0.15) is 31.9 Å². The van der Waals surface area contributed by atoms with E-state index in [2.05, 4.69) is 5.32 Å². The minimum Gasteiger partial charge on any atom is -0.304 e. The molecule has 0 saturated carbocycles. The highest BCUT2D eigenvalue weighted by atomic mass is 35.5. The molecular formula is C13H17Cl2NO2S. The van der Waals surface area contributed by atoms with Crippen LogP contribution in [0.5, 0.6) is 0 Å². The second-order valence-electron chi connectivity index (χ2n) is 5.41. The molecule has 0 bridgehead atoms. The Hall–Kier alpha value is -0.290. The Kier molecular flexibility index (Phi) is 4.17. The smallest absolute Gasteiger partial charge is 0.152 e. The van der Waals surface area contributed by atoms with Crippen LogP contribution in [0.2, 0.25) is 10.0 Å². The number of hydrogen-bond acceptors (Lipinski definition) is 3. The molecule has 3 nitrogen and oxygen atoms in total. The number of benzene rings is 1. The molecule has 1 aliphatic heterocycles. The van der Waals surface area contributed by atoms with Crippen LogP contribution in [0, 0.1) is 0 Å². The third-order valence-electron chi connectivity index (χ3n) is 3.52. The lowest BCUT2D eigenvalue weighted by atomic mass is 9.98. The SMILES string of the molecule is CC(NC1(C)CCS(=O)(=O)C1)c1cccc(Cl)c1Cl. The van der Waals surface area contributed by atoms with Crippen LogP contribution in [0.25, 0.3) is 0 Å². The quantitative estimate of drug-likeness (QED) is 0.929. The molecule has 0 amide bonds. The summed E-state index contributed by atoms with van der Waals surface area (Å²) in [5.41, 5.74) is 0.490. The van der Waals surface area contributed by atoms with E-state index in [1.165, 1.54) is 0 Å². The summed E-state index contributed by atoms with van der Waals surface area (Å²) in [6.07, 6.45) is 0.623. The molecule has 1 N–H and O–H groups in total. The summed E-state index contributed by atoms with van der Waals surface area (Å²) in [6, 6.07) is 5.43. The first kappa shape index (κ1) is 15.1. The van der Waals surface area contributed by atoms with Gasteiger partial charge in [-0.1, -0.05) is 35.3 Å². The van der Waals surface area contributed by atoms with Crippen molar-refractivity contribution in [1.29, 1.82) is 0 Å². The van der Waals surface area contributed by atoms with E-state index < -0.39 is 15.4 Å². The molecule has 106 valence electrons. The van der Waals surface area contributed by atoms with Crippen LogP contribution in [0.3, 0.4) is 0 Å². The Labute approximate surface area is 124 Å². The fraction of sp³-hybridized carbons (Fsp3) is 0.538. The standard InChI is InChI=1S/C13H17Cl2NO2S/c1-9(10-4-3-5-11(14)12(10)15)16-13(2)6-7-19(17,18)8-13/h3-5,9,16H,6-8H2,1-2H3. The molecule has 1 fully saturated rings. The number of halogens is 2. The van der Waals surface area contributed by atoms with E-state index in [1.807, 2.05) is 26.0 Å². The van der Waals surface area contributed by atoms with Gasteiger partial charge in [-0.05, 0) is 31.9 Å². The Morgan fingerprint density at radius 1 is 1.37 bits per heavy atom. The van der Waals surface area contributed by atoms with Gasteiger partial charge in [-0.25, -0.2) is 8.42 Å². The van der Waals surface area contributed by atoms with Crippen LogP contribution >= 0.6 is 23.2 Å². The third kappa shape index (κ3) is 3.43. The molecule has 1 saturated heterocycles. The second-order valence-corrected chi connectivity index (χ2v) is 8.38. The zero-order valence-corrected chi connectivity index (χ0v) is 13.2. The Morgan fingerprint density at radius 3 is 2.63 bits per heavy atom. The summed E-state index contributed by atoms with van der Waals surface area (Å²) < 4.78 is 23.2. The van der Waals surface area contributed by atoms with Gasteiger partial charge in [0.1, 0.15) is 0 Å². The number of hydrogen-bond donors (Lipinski definition) is 1. The summed E-state index contributed by atoms with van der Waals surface area (Å²) in [4.78, 5) is 0. The minimum atomic E-state index is -2.92. The van der Waals surface area contributed by atoms with Crippen molar-refractivity contribution in [1.82, 2.24) is 5.32 Å². The minimum absolute atomic E-state index is 0.0514. The van der Waals surface area contributed by atoms with Crippen LogP contribution in [0.4, 0.5) is 0 Å². The van der Waals surface area contributed by atoms with Gasteiger partial charge in [-0.2, -0.15) is 0 Å². The molecule has 2 atom stereocenters. The van der Waals surface area contributed by atoms with E-state index in [0.29, 0.717) is 16.5 Å². The van der Waals surface area contributed by atoms with E-state index in [-0.39, 0.29) is 17.5 Å². The van der Waals surface area contributed by atoms with Crippen molar-refractivity contribution in [3.63, 3.8) is 0 Å². The van der Waals surface area contributed by atoms with Gasteiger partial charge in [0, 0.05) is 11.6 Å². The van der Waals surface area contributed by atoms with E-state index >= 15 is 0 Å². The molecule has 0 spiro atoms. The van der Waals surface area contributed by atoms with Crippen molar-refractivity contribution in [2.75, 3.05) is 11.5 Å². The molecule has 0 aliphatic carbocycles. The first-order chi connectivity index (χ1) is 8.72. The lowest BCUT2D eigenvalue weighted by Crippen LogP contribution is -2.44. The summed E-state index contributed by atoms with van der Waals surface area (Å²) in [5.74, 6) is 0.412. The maximum Gasteiger partial charge on any atom is 0.152 e. The van der Waals surface area contributed by atoms with Gasteiger partial charge in [0.05, 0.1) is 21.6 Å². The van der Waals surface area contributed by atoms with Gasteiger partial charge in [-0.3, -0.25) is 0 Å². The molecule has 1 aliphatic rings. The fourth-order valence-electron chi connectivity index (χ4n) is 2.58. The number of sulfone groups is 1. The highest BCUT2D eigenvalue weighted by Crippen LogP contribution is 2.32. The van der Waals surface area contributed by atoms with Gasteiger partial charge in [0.15, 0.2) is 9.84 Å². The monoisotopic (exact) mass is 321 g/mol. The van der Waals surface area contributed by atoms with Crippen molar-refractivity contribution >= 4 is 33.0 Å². The summed E-state index contributed by atoms with van der Waals surface area (Å²) in [6.45, 7) is 3.90. The van der Waals surface area contributed by atoms with Gasteiger partial charge in [-0.15, -0.1) is 0 Å². The Balaban J connectivity index is 2.18. The van der Waals surface area contributed by atoms with Crippen LogP contribution < -0.4 is 5.32 Å².